The zero-order valence-corrected chi connectivity index (χ0v) is 13.7. The summed E-state index contributed by atoms with van der Waals surface area (Å²) in [5.74, 6) is 3.44. The number of nitrogens with zero attached hydrogens (tertiary/aromatic N) is 4. The molecular formula is C17H23N5O. The smallest absolute Gasteiger partial charge is 0.224 e. The van der Waals surface area contributed by atoms with Crippen molar-refractivity contribution < 1.29 is 4.79 Å². The number of carbonyl (C=O) groups excluding carboxylic acids is 1. The molecular weight excluding hydrogens is 290 g/mol. The molecule has 0 aromatic carbocycles. The van der Waals surface area contributed by atoms with E-state index < -0.39 is 5.66 Å². The Bertz CT molecular complexity index is 592. The second-order valence-corrected chi connectivity index (χ2v) is 5.51. The first kappa shape index (κ1) is 16.9. The topological polar surface area (TPSA) is 70.0 Å². The number of anilines is 2. The van der Waals surface area contributed by atoms with Crippen molar-refractivity contribution in [1.29, 1.82) is 0 Å². The lowest BCUT2D eigenvalue weighted by Crippen LogP contribution is -2.23. The van der Waals surface area contributed by atoms with Crippen LogP contribution in [0.5, 0.6) is 0 Å². The second kappa shape index (κ2) is 7.73. The van der Waals surface area contributed by atoms with Crippen molar-refractivity contribution in [3.8, 4) is 12.3 Å². The Kier molecular flexibility index (Phi) is 5.69. The van der Waals surface area contributed by atoms with Crippen LogP contribution in [0.1, 0.15) is 39.5 Å². The lowest BCUT2D eigenvalue weighted by Gasteiger charge is -2.19. The van der Waals surface area contributed by atoms with Crippen molar-refractivity contribution >= 4 is 17.4 Å². The summed E-state index contributed by atoms with van der Waals surface area (Å²) in [5, 5.41) is 10.9. The fraction of sp³-hybridized carbons (Fsp3) is 0.529. The molecule has 0 aliphatic carbocycles. The average Bonchev–Trinajstić information content (AvgIpc) is 3.34. The van der Waals surface area contributed by atoms with Crippen molar-refractivity contribution in [2.24, 2.45) is 10.2 Å². The molecule has 0 saturated heterocycles. The molecule has 1 amide bonds. The van der Waals surface area contributed by atoms with Crippen LogP contribution in [0.4, 0.5) is 11.5 Å². The molecule has 6 heteroatoms. The van der Waals surface area contributed by atoms with E-state index in [-0.39, 0.29) is 5.91 Å². The molecule has 0 fully saturated rings. The fourth-order valence-electron chi connectivity index (χ4n) is 2.40. The minimum Gasteiger partial charge on any atom is -0.357 e. The van der Waals surface area contributed by atoms with E-state index in [0.29, 0.717) is 24.9 Å². The number of pyridine rings is 1. The quantitative estimate of drug-likeness (QED) is 0.712. The van der Waals surface area contributed by atoms with Gasteiger partial charge < -0.3 is 10.2 Å². The molecule has 6 nitrogen and oxygen atoms in total. The predicted molar refractivity (Wildman–Crippen MR) is 91.3 cm³/mol. The summed E-state index contributed by atoms with van der Waals surface area (Å²) < 4.78 is 0. The Hall–Kier alpha value is -2.42. The van der Waals surface area contributed by atoms with Gasteiger partial charge in [-0.2, -0.15) is 10.2 Å². The molecule has 0 bridgehead atoms. The lowest BCUT2D eigenvalue weighted by molar-refractivity contribution is -0.116. The third-order valence-electron chi connectivity index (χ3n) is 3.92. The van der Waals surface area contributed by atoms with Gasteiger partial charge in [0.15, 0.2) is 5.66 Å². The van der Waals surface area contributed by atoms with Gasteiger partial charge in [-0.25, -0.2) is 4.98 Å². The van der Waals surface area contributed by atoms with E-state index in [1.54, 1.807) is 6.20 Å². The molecule has 1 aromatic rings. The number of hydrogen-bond donors (Lipinski definition) is 1. The average molecular weight is 313 g/mol. The van der Waals surface area contributed by atoms with Gasteiger partial charge in [-0.3, -0.25) is 4.79 Å². The highest BCUT2D eigenvalue weighted by molar-refractivity contribution is 5.90. The van der Waals surface area contributed by atoms with Crippen LogP contribution in [-0.2, 0) is 4.79 Å². The zero-order valence-electron chi connectivity index (χ0n) is 13.7. The van der Waals surface area contributed by atoms with Crippen LogP contribution in [0, 0.1) is 12.3 Å². The third-order valence-corrected chi connectivity index (χ3v) is 3.92. The largest absolute Gasteiger partial charge is 0.357 e. The van der Waals surface area contributed by atoms with Crippen LogP contribution in [0.2, 0.25) is 0 Å². The first-order valence-electron chi connectivity index (χ1n) is 8.01. The SMILES string of the molecule is C#CCCC1(CCC(=O)Nc2ccc(N(CC)CC)nc2)N=N1. The van der Waals surface area contributed by atoms with Crippen LogP contribution >= 0.6 is 0 Å². The maximum atomic E-state index is 12.0. The molecule has 0 spiro atoms. The summed E-state index contributed by atoms with van der Waals surface area (Å²) in [6, 6.07) is 3.79. The van der Waals surface area contributed by atoms with Crippen molar-refractivity contribution in [3.63, 3.8) is 0 Å². The number of carbonyl (C=O) groups is 1. The number of nitrogens with one attached hydrogen (secondary N) is 1. The predicted octanol–water partition coefficient (Wildman–Crippen LogP) is 3.22. The zero-order chi connectivity index (χ0) is 16.7. The van der Waals surface area contributed by atoms with Gasteiger partial charge in [0, 0.05) is 38.8 Å². The number of terminal acetylenes is 1. The second-order valence-electron chi connectivity index (χ2n) is 5.51. The molecule has 2 rings (SSSR count). The highest BCUT2D eigenvalue weighted by atomic mass is 16.1. The molecule has 1 aliphatic heterocycles. The molecule has 0 atom stereocenters. The van der Waals surface area contributed by atoms with Gasteiger partial charge in [0.2, 0.25) is 5.91 Å². The first-order valence-corrected chi connectivity index (χ1v) is 8.01. The number of amides is 1. The highest BCUT2D eigenvalue weighted by Gasteiger charge is 2.39. The summed E-state index contributed by atoms with van der Waals surface area (Å²) in [7, 11) is 0. The molecule has 1 aromatic heterocycles. The summed E-state index contributed by atoms with van der Waals surface area (Å²) >= 11 is 0. The van der Waals surface area contributed by atoms with E-state index in [4.69, 9.17) is 6.42 Å². The Balaban J connectivity index is 1.80. The number of rotatable bonds is 9. The van der Waals surface area contributed by atoms with Gasteiger partial charge in [0.05, 0.1) is 11.9 Å². The van der Waals surface area contributed by atoms with Crippen molar-refractivity contribution in [1.82, 2.24) is 4.98 Å². The van der Waals surface area contributed by atoms with Crippen molar-refractivity contribution in [2.45, 2.75) is 45.2 Å². The van der Waals surface area contributed by atoms with E-state index in [2.05, 4.69) is 45.2 Å². The fourth-order valence-corrected chi connectivity index (χ4v) is 2.40. The van der Waals surface area contributed by atoms with Gasteiger partial charge in [-0.05, 0) is 26.0 Å². The molecule has 1 aliphatic rings. The van der Waals surface area contributed by atoms with Crippen LogP contribution in [0.3, 0.4) is 0 Å². The van der Waals surface area contributed by atoms with Gasteiger partial charge in [-0.15, -0.1) is 12.3 Å². The molecule has 122 valence electrons. The van der Waals surface area contributed by atoms with E-state index in [1.165, 1.54) is 0 Å². The van der Waals surface area contributed by atoms with Gasteiger partial charge in [-0.1, -0.05) is 0 Å². The number of hydrogen-bond acceptors (Lipinski definition) is 5. The molecule has 1 N–H and O–H groups in total. The molecule has 23 heavy (non-hydrogen) atoms. The van der Waals surface area contributed by atoms with E-state index in [0.717, 1.165) is 25.3 Å². The van der Waals surface area contributed by atoms with Crippen molar-refractivity contribution in [2.75, 3.05) is 23.3 Å². The third kappa shape index (κ3) is 4.78. The van der Waals surface area contributed by atoms with Crippen LogP contribution in [0.25, 0.3) is 0 Å². The van der Waals surface area contributed by atoms with Crippen LogP contribution < -0.4 is 10.2 Å². The number of aromatic nitrogens is 1. The molecule has 2 heterocycles. The van der Waals surface area contributed by atoms with Crippen LogP contribution in [-0.4, -0.2) is 29.6 Å². The monoisotopic (exact) mass is 313 g/mol. The normalized spacial score (nSPS) is 14.1. The van der Waals surface area contributed by atoms with Gasteiger partial charge in [0.1, 0.15) is 5.82 Å². The maximum absolute atomic E-state index is 12.0. The first-order chi connectivity index (χ1) is 11.1. The van der Waals surface area contributed by atoms with Crippen LogP contribution in [0.15, 0.2) is 28.6 Å². The lowest BCUT2D eigenvalue weighted by atomic mass is 10.0. The Morgan fingerprint density at radius 3 is 2.57 bits per heavy atom. The van der Waals surface area contributed by atoms with E-state index in [1.807, 2.05) is 12.1 Å². The summed E-state index contributed by atoms with van der Waals surface area (Å²) in [6.45, 7) is 5.99. The van der Waals surface area contributed by atoms with E-state index >= 15 is 0 Å². The summed E-state index contributed by atoms with van der Waals surface area (Å²) in [6.07, 6.45) is 9.26. The minimum absolute atomic E-state index is 0.0558. The highest BCUT2D eigenvalue weighted by Crippen LogP contribution is 2.37. The van der Waals surface area contributed by atoms with Gasteiger partial charge >= 0.3 is 0 Å². The maximum Gasteiger partial charge on any atom is 0.224 e. The Morgan fingerprint density at radius 1 is 1.30 bits per heavy atom. The molecule has 0 unspecified atom stereocenters. The summed E-state index contributed by atoms with van der Waals surface area (Å²) in [4.78, 5) is 18.6. The Morgan fingerprint density at radius 2 is 2.04 bits per heavy atom. The van der Waals surface area contributed by atoms with Crippen molar-refractivity contribution in [3.05, 3.63) is 18.3 Å². The standard InChI is InChI=1S/C17H23N5O/c1-4-7-11-17(20-21-17)12-10-16(23)19-14-8-9-15(18-13-14)22(5-2)6-3/h1,8-9,13H,5-7,10-12H2,2-3H3,(H,19,23). The van der Waals surface area contributed by atoms with Gasteiger partial charge in [0.25, 0.3) is 0 Å². The molecule has 0 saturated carbocycles. The Labute approximate surface area is 137 Å². The molecule has 0 radical (unpaired) electrons. The van der Waals surface area contributed by atoms with E-state index in [9.17, 15) is 4.79 Å². The minimum atomic E-state index is -0.408. The summed E-state index contributed by atoms with van der Waals surface area (Å²) in [5.41, 5.74) is 0.294.